The molecule has 0 fully saturated rings. The zero-order valence-corrected chi connectivity index (χ0v) is 9.99. The molecule has 6 nitrogen and oxygen atoms in total. The van der Waals surface area contributed by atoms with E-state index in [1.165, 1.54) is 23.6 Å². The minimum Gasteiger partial charge on any atom is -0.384 e. The molecule has 0 aliphatic rings. The van der Waals surface area contributed by atoms with Crippen molar-refractivity contribution in [2.45, 2.75) is 13.3 Å². The van der Waals surface area contributed by atoms with Gasteiger partial charge in [-0.15, -0.1) is 10.2 Å². The summed E-state index contributed by atoms with van der Waals surface area (Å²) >= 11 is 1.36. The summed E-state index contributed by atoms with van der Waals surface area (Å²) in [6, 6.07) is 3.10. The first-order valence-corrected chi connectivity index (χ1v) is 5.86. The summed E-state index contributed by atoms with van der Waals surface area (Å²) in [5.74, 6) is 0.0436. The maximum atomic E-state index is 11.8. The second-order valence-electron chi connectivity index (χ2n) is 3.28. The Bertz CT molecular complexity index is 539. The summed E-state index contributed by atoms with van der Waals surface area (Å²) < 4.78 is 0. The highest BCUT2D eigenvalue weighted by atomic mass is 32.1. The van der Waals surface area contributed by atoms with E-state index in [0.717, 1.165) is 11.4 Å². The maximum Gasteiger partial charge on any atom is 0.257 e. The van der Waals surface area contributed by atoms with Crippen LogP contribution in [0.25, 0.3) is 0 Å². The second kappa shape index (κ2) is 4.88. The van der Waals surface area contributed by atoms with Gasteiger partial charge in [0.15, 0.2) is 0 Å². The molecular formula is C10H11N5OS. The number of carbonyl (C=O) groups excluding carboxylic acids is 1. The lowest BCUT2D eigenvalue weighted by Crippen LogP contribution is -2.12. The topological polar surface area (TPSA) is 93.8 Å². The minimum absolute atomic E-state index is 0.266. The molecule has 0 atom stereocenters. The molecular weight excluding hydrogens is 238 g/mol. The van der Waals surface area contributed by atoms with E-state index in [1.807, 2.05) is 6.92 Å². The van der Waals surface area contributed by atoms with Crippen LogP contribution in [0.1, 0.15) is 22.3 Å². The van der Waals surface area contributed by atoms with Crippen LogP contribution in [0.3, 0.4) is 0 Å². The van der Waals surface area contributed by atoms with E-state index in [4.69, 9.17) is 5.73 Å². The molecule has 2 aromatic rings. The number of hydrogen-bond acceptors (Lipinski definition) is 6. The van der Waals surface area contributed by atoms with E-state index in [2.05, 4.69) is 20.5 Å². The van der Waals surface area contributed by atoms with Gasteiger partial charge in [0.1, 0.15) is 10.8 Å². The number of nitrogens with zero attached hydrogens (tertiary/aromatic N) is 3. The van der Waals surface area contributed by atoms with Crippen LogP contribution >= 0.6 is 11.3 Å². The quantitative estimate of drug-likeness (QED) is 0.855. The number of nitrogen functional groups attached to an aromatic ring is 1. The van der Waals surface area contributed by atoms with Crippen molar-refractivity contribution in [3.8, 4) is 0 Å². The SMILES string of the molecule is CCc1nnc(NC(=O)c2ccnc(N)c2)s1. The monoisotopic (exact) mass is 249 g/mol. The van der Waals surface area contributed by atoms with Crippen LogP contribution in [0.4, 0.5) is 10.9 Å². The molecule has 0 saturated heterocycles. The van der Waals surface area contributed by atoms with Gasteiger partial charge < -0.3 is 5.73 Å². The lowest BCUT2D eigenvalue weighted by molar-refractivity contribution is 0.102. The first-order valence-electron chi connectivity index (χ1n) is 5.04. The molecule has 3 N–H and O–H groups in total. The summed E-state index contributed by atoms with van der Waals surface area (Å²) in [7, 11) is 0. The predicted octanol–water partition coefficient (Wildman–Crippen LogP) is 1.33. The highest BCUT2D eigenvalue weighted by Crippen LogP contribution is 2.16. The van der Waals surface area contributed by atoms with Crippen molar-refractivity contribution in [2.24, 2.45) is 0 Å². The molecule has 0 aliphatic carbocycles. The van der Waals surface area contributed by atoms with Crippen LogP contribution in [0, 0.1) is 0 Å². The normalized spacial score (nSPS) is 10.2. The molecule has 2 heterocycles. The molecule has 88 valence electrons. The molecule has 0 aliphatic heterocycles. The first-order chi connectivity index (χ1) is 8.19. The molecule has 0 aromatic carbocycles. The Morgan fingerprint density at radius 3 is 3.00 bits per heavy atom. The number of pyridine rings is 1. The van der Waals surface area contributed by atoms with Gasteiger partial charge >= 0.3 is 0 Å². The molecule has 0 bridgehead atoms. The molecule has 2 aromatic heterocycles. The fraction of sp³-hybridized carbons (Fsp3) is 0.200. The van der Waals surface area contributed by atoms with E-state index in [-0.39, 0.29) is 5.91 Å². The smallest absolute Gasteiger partial charge is 0.257 e. The van der Waals surface area contributed by atoms with Gasteiger partial charge in [0.05, 0.1) is 0 Å². The Morgan fingerprint density at radius 2 is 2.35 bits per heavy atom. The third-order valence-corrected chi connectivity index (χ3v) is 3.02. The highest BCUT2D eigenvalue weighted by Gasteiger charge is 2.09. The average Bonchev–Trinajstić information content (AvgIpc) is 2.77. The van der Waals surface area contributed by atoms with Crippen LogP contribution in [0.2, 0.25) is 0 Å². The Kier molecular flexibility index (Phi) is 3.29. The third-order valence-electron chi connectivity index (χ3n) is 2.03. The molecule has 2 rings (SSSR count). The Hall–Kier alpha value is -2.02. The number of amides is 1. The van der Waals surface area contributed by atoms with E-state index < -0.39 is 0 Å². The number of aromatic nitrogens is 3. The number of nitrogens with two attached hydrogens (primary N) is 1. The number of anilines is 2. The summed E-state index contributed by atoms with van der Waals surface area (Å²) in [5, 5.41) is 11.8. The summed E-state index contributed by atoms with van der Waals surface area (Å²) in [6.45, 7) is 1.98. The van der Waals surface area contributed by atoms with Gasteiger partial charge in [-0.1, -0.05) is 18.3 Å². The minimum atomic E-state index is -0.266. The number of aryl methyl sites for hydroxylation is 1. The molecule has 17 heavy (non-hydrogen) atoms. The lowest BCUT2D eigenvalue weighted by Gasteiger charge is -2.01. The van der Waals surface area contributed by atoms with Crippen LogP contribution in [0.5, 0.6) is 0 Å². The van der Waals surface area contributed by atoms with Crippen molar-refractivity contribution < 1.29 is 4.79 Å². The fourth-order valence-corrected chi connectivity index (χ4v) is 1.88. The zero-order valence-electron chi connectivity index (χ0n) is 9.17. The van der Waals surface area contributed by atoms with Gasteiger partial charge in [0.25, 0.3) is 5.91 Å². The van der Waals surface area contributed by atoms with Crippen molar-refractivity contribution in [3.63, 3.8) is 0 Å². The molecule has 0 radical (unpaired) electrons. The van der Waals surface area contributed by atoms with Crippen molar-refractivity contribution in [3.05, 3.63) is 28.9 Å². The van der Waals surface area contributed by atoms with E-state index in [1.54, 1.807) is 6.07 Å². The molecule has 1 amide bonds. The van der Waals surface area contributed by atoms with Gasteiger partial charge in [0.2, 0.25) is 5.13 Å². The second-order valence-corrected chi connectivity index (χ2v) is 4.34. The maximum absolute atomic E-state index is 11.8. The lowest BCUT2D eigenvalue weighted by atomic mass is 10.2. The summed E-state index contributed by atoms with van der Waals surface area (Å²) in [6.07, 6.45) is 2.29. The molecule has 0 unspecified atom stereocenters. The van der Waals surface area contributed by atoms with E-state index in [9.17, 15) is 4.79 Å². The van der Waals surface area contributed by atoms with Crippen molar-refractivity contribution in [2.75, 3.05) is 11.1 Å². The number of rotatable bonds is 3. The van der Waals surface area contributed by atoms with Gasteiger partial charge in [0, 0.05) is 11.8 Å². The Labute approximate surface area is 102 Å². The van der Waals surface area contributed by atoms with Gasteiger partial charge in [-0.3, -0.25) is 10.1 Å². The Balaban J connectivity index is 2.11. The van der Waals surface area contributed by atoms with Crippen molar-refractivity contribution >= 4 is 28.2 Å². The molecule has 0 saturated carbocycles. The summed E-state index contributed by atoms with van der Waals surface area (Å²) in [5.41, 5.74) is 5.95. The fourth-order valence-electron chi connectivity index (χ4n) is 1.21. The van der Waals surface area contributed by atoms with Crippen LogP contribution < -0.4 is 11.1 Å². The third kappa shape index (κ3) is 2.76. The molecule has 0 spiro atoms. The average molecular weight is 249 g/mol. The van der Waals surface area contributed by atoms with E-state index >= 15 is 0 Å². The number of hydrogen-bond donors (Lipinski definition) is 2. The van der Waals surface area contributed by atoms with Crippen LogP contribution in [0.15, 0.2) is 18.3 Å². The Morgan fingerprint density at radius 1 is 1.53 bits per heavy atom. The van der Waals surface area contributed by atoms with Crippen LogP contribution in [-0.4, -0.2) is 21.1 Å². The first kappa shape index (κ1) is 11.5. The van der Waals surface area contributed by atoms with Gasteiger partial charge in [-0.2, -0.15) is 0 Å². The summed E-state index contributed by atoms with van der Waals surface area (Å²) in [4.78, 5) is 15.6. The highest BCUT2D eigenvalue weighted by molar-refractivity contribution is 7.15. The van der Waals surface area contributed by atoms with Crippen molar-refractivity contribution in [1.82, 2.24) is 15.2 Å². The van der Waals surface area contributed by atoms with Crippen molar-refractivity contribution in [1.29, 1.82) is 0 Å². The predicted molar refractivity (Wildman–Crippen MR) is 65.9 cm³/mol. The number of nitrogens with one attached hydrogen (secondary N) is 1. The largest absolute Gasteiger partial charge is 0.384 e. The zero-order chi connectivity index (χ0) is 12.3. The van der Waals surface area contributed by atoms with Gasteiger partial charge in [-0.25, -0.2) is 4.98 Å². The van der Waals surface area contributed by atoms with E-state index in [0.29, 0.717) is 16.5 Å². The standard InChI is InChI=1S/C10H11N5OS/c1-2-8-14-15-10(17-8)13-9(16)6-3-4-12-7(11)5-6/h3-5H,2H2,1H3,(H2,11,12)(H,13,15,16). The number of carbonyl (C=O) groups is 1. The van der Waals surface area contributed by atoms with Crippen LogP contribution in [-0.2, 0) is 6.42 Å². The molecule has 7 heteroatoms. The van der Waals surface area contributed by atoms with Gasteiger partial charge in [-0.05, 0) is 18.6 Å².